The van der Waals surface area contributed by atoms with Crippen molar-refractivity contribution in [3.63, 3.8) is 0 Å². The van der Waals surface area contributed by atoms with Crippen LogP contribution >= 0.6 is 0 Å². The average molecular weight is 300 g/mol. The summed E-state index contributed by atoms with van der Waals surface area (Å²) in [5.41, 5.74) is 0. The van der Waals surface area contributed by atoms with Gasteiger partial charge >= 0.3 is 20.6 Å². The van der Waals surface area contributed by atoms with Gasteiger partial charge in [0.15, 0.2) is 0 Å². The quantitative estimate of drug-likeness (QED) is 0.559. The van der Waals surface area contributed by atoms with Crippen LogP contribution in [0, 0.1) is 5.92 Å². The third-order valence-electron chi connectivity index (χ3n) is 3.34. The third kappa shape index (κ3) is 1.77. The Bertz CT molecular complexity index is 527. The Morgan fingerprint density at radius 3 is 2.17 bits per heavy atom. The minimum Gasteiger partial charge on any atom is -0.272 e. The van der Waals surface area contributed by atoms with Gasteiger partial charge in [0.25, 0.3) is 0 Å². The first-order valence-corrected chi connectivity index (χ1v) is 8.04. The van der Waals surface area contributed by atoms with Crippen LogP contribution in [0.5, 0.6) is 0 Å². The van der Waals surface area contributed by atoms with Crippen molar-refractivity contribution in [1.29, 1.82) is 0 Å². The summed E-state index contributed by atoms with van der Waals surface area (Å²) in [6.07, 6.45) is 0.562. The highest BCUT2D eigenvalue weighted by Crippen LogP contribution is 2.38. The molecule has 0 radical (unpaired) electrons. The number of hydrogen-bond acceptors (Lipinski definition) is 6. The van der Waals surface area contributed by atoms with E-state index in [9.17, 15) is 16.8 Å². The lowest BCUT2D eigenvalue weighted by Crippen LogP contribution is -2.79. The van der Waals surface area contributed by atoms with Gasteiger partial charge in [-0.3, -0.25) is 9.11 Å². The minimum atomic E-state index is -4.61. The molecule has 4 saturated heterocycles. The Balaban J connectivity index is 2.07. The van der Waals surface area contributed by atoms with Crippen LogP contribution in [-0.2, 0) is 20.6 Å². The van der Waals surface area contributed by atoms with Crippen molar-refractivity contribution >= 4 is 20.6 Å². The topological polar surface area (TPSA) is 122 Å². The Hall–Kier alpha value is -0.340. The smallest absolute Gasteiger partial charge is 0.272 e. The second-order valence-electron chi connectivity index (χ2n) is 4.63. The first-order valence-electron chi connectivity index (χ1n) is 5.25. The lowest BCUT2D eigenvalue weighted by molar-refractivity contribution is -0.309. The standard InChI is InChI=1S/C6H12N4O6S2/c11-17(12,13)9-6-1-5-2-7(4-6)10(8(9)3-5)18(14,15)16/h5-6H,1-4H2,(H,11,12,13)(H,14,15,16). The van der Waals surface area contributed by atoms with E-state index in [1.54, 1.807) is 0 Å². The summed E-state index contributed by atoms with van der Waals surface area (Å²) >= 11 is 0. The monoisotopic (exact) mass is 300 g/mol. The zero-order valence-corrected chi connectivity index (χ0v) is 10.7. The predicted molar refractivity (Wildman–Crippen MR) is 56.9 cm³/mol. The average Bonchev–Trinajstić information content (AvgIpc) is 2.10. The second-order valence-corrected chi connectivity index (χ2v) is 7.12. The van der Waals surface area contributed by atoms with E-state index in [0.29, 0.717) is 21.9 Å². The highest BCUT2D eigenvalue weighted by Gasteiger charge is 2.56. The summed E-state index contributed by atoms with van der Waals surface area (Å²) in [5.74, 6) is 0.111. The highest BCUT2D eigenvalue weighted by molar-refractivity contribution is 7.84. The molecule has 4 fully saturated rings. The highest BCUT2D eigenvalue weighted by atomic mass is 32.2. The van der Waals surface area contributed by atoms with Crippen molar-refractivity contribution < 1.29 is 25.9 Å². The molecule has 4 aliphatic rings. The van der Waals surface area contributed by atoms with Crippen molar-refractivity contribution in [1.82, 2.24) is 19.1 Å². The summed E-state index contributed by atoms with van der Waals surface area (Å²) in [5, 5.41) is 2.22. The summed E-state index contributed by atoms with van der Waals surface area (Å²) in [6, 6.07) is -0.509. The number of nitrogens with zero attached hydrogens (tertiary/aromatic N) is 4. The maximum absolute atomic E-state index is 11.3. The van der Waals surface area contributed by atoms with E-state index in [2.05, 4.69) is 0 Å². The van der Waals surface area contributed by atoms with Gasteiger partial charge in [-0.05, 0) is 16.9 Å². The van der Waals surface area contributed by atoms with Gasteiger partial charge in [-0.2, -0.15) is 16.8 Å². The van der Waals surface area contributed by atoms with Crippen LogP contribution in [0.4, 0.5) is 0 Å². The molecule has 0 aliphatic carbocycles. The van der Waals surface area contributed by atoms with Crippen molar-refractivity contribution in [3.05, 3.63) is 0 Å². The molecule has 4 atom stereocenters. The fourth-order valence-corrected chi connectivity index (χ4v) is 4.70. The van der Waals surface area contributed by atoms with E-state index < -0.39 is 26.7 Å². The maximum atomic E-state index is 11.3. The fraction of sp³-hybridized carbons (Fsp3) is 1.00. The van der Waals surface area contributed by atoms with Crippen LogP contribution in [0.3, 0.4) is 0 Å². The fourth-order valence-electron chi connectivity index (χ4n) is 2.95. The van der Waals surface area contributed by atoms with Gasteiger partial charge in [-0.25, -0.2) is 5.01 Å². The molecule has 10 nitrogen and oxygen atoms in total. The Morgan fingerprint density at radius 2 is 1.61 bits per heavy atom. The Morgan fingerprint density at radius 1 is 0.944 bits per heavy atom. The molecule has 18 heavy (non-hydrogen) atoms. The van der Waals surface area contributed by atoms with Crippen molar-refractivity contribution in [2.45, 2.75) is 12.5 Å². The molecule has 0 aromatic heterocycles. The molecule has 4 bridgehead atoms. The summed E-state index contributed by atoms with van der Waals surface area (Å²) in [6.45, 7) is 0.672. The van der Waals surface area contributed by atoms with Gasteiger partial charge in [-0.15, -0.1) is 5.12 Å². The van der Waals surface area contributed by atoms with E-state index in [4.69, 9.17) is 9.11 Å². The zero-order chi connectivity index (χ0) is 13.3. The number of hydrazine groups is 3. The van der Waals surface area contributed by atoms with Crippen LogP contribution in [0.1, 0.15) is 6.42 Å². The largest absolute Gasteiger partial charge is 0.364 e. The minimum absolute atomic E-state index is 0.111. The molecule has 12 heteroatoms. The summed E-state index contributed by atoms with van der Waals surface area (Å²) in [4.78, 5) is 0. The van der Waals surface area contributed by atoms with Crippen LogP contribution in [0.2, 0.25) is 0 Å². The number of rotatable bonds is 2. The molecule has 0 saturated carbocycles. The third-order valence-corrected chi connectivity index (χ3v) is 5.13. The normalized spacial score (nSPS) is 41.4. The molecule has 0 spiro atoms. The van der Waals surface area contributed by atoms with E-state index >= 15 is 0 Å². The van der Waals surface area contributed by atoms with Gasteiger partial charge < -0.3 is 0 Å². The molecular weight excluding hydrogens is 288 g/mol. The molecule has 0 amide bonds. The zero-order valence-electron chi connectivity index (χ0n) is 9.12. The first kappa shape index (κ1) is 12.7. The van der Waals surface area contributed by atoms with Gasteiger partial charge in [0, 0.05) is 19.6 Å². The van der Waals surface area contributed by atoms with Gasteiger partial charge in [-0.1, -0.05) is 4.41 Å². The Kier molecular flexibility index (Phi) is 2.54. The van der Waals surface area contributed by atoms with E-state index in [0.717, 1.165) is 5.12 Å². The lowest BCUT2D eigenvalue weighted by atomic mass is 9.93. The molecule has 4 rings (SSSR count). The van der Waals surface area contributed by atoms with Crippen LogP contribution < -0.4 is 0 Å². The molecular formula is C6H12N4O6S2. The number of hydrogen-bond donors (Lipinski definition) is 2. The molecule has 0 aromatic rings. The van der Waals surface area contributed by atoms with Crippen LogP contribution in [-0.4, -0.2) is 70.7 Å². The number of piperidine rings is 1. The van der Waals surface area contributed by atoms with E-state index in [-0.39, 0.29) is 19.0 Å². The van der Waals surface area contributed by atoms with E-state index in [1.165, 1.54) is 5.01 Å². The molecule has 4 unspecified atom stereocenters. The second kappa shape index (κ2) is 3.61. The van der Waals surface area contributed by atoms with Gasteiger partial charge in [0.1, 0.15) is 0 Å². The van der Waals surface area contributed by atoms with Gasteiger partial charge in [0.2, 0.25) is 0 Å². The van der Waals surface area contributed by atoms with Crippen molar-refractivity contribution in [3.8, 4) is 0 Å². The molecule has 2 N–H and O–H groups in total. The van der Waals surface area contributed by atoms with Gasteiger partial charge in [0.05, 0.1) is 6.04 Å². The Labute approximate surface area is 104 Å². The first-order chi connectivity index (χ1) is 8.18. The van der Waals surface area contributed by atoms with Crippen molar-refractivity contribution in [2.75, 3.05) is 19.6 Å². The molecule has 104 valence electrons. The SMILES string of the molecule is O=S(=O)(O)N1C2CC3CN(C2)N(S(=O)(=O)O)N1C3. The van der Waals surface area contributed by atoms with E-state index in [1.807, 2.05) is 0 Å². The molecule has 4 heterocycles. The summed E-state index contributed by atoms with van der Waals surface area (Å²) < 4.78 is 64.6. The lowest BCUT2D eigenvalue weighted by Gasteiger charge is -2.59. The molecule has 0 aromatic carbocycles. The van der Waals surface area contributed by atoms with Crippen LogP contribution in [0.25, 0.3) is 0 Å². The predicted octanol–water partition coefficient (Wildman–Crippen LogP) is -2.04. The molecule has 4 aliphatic heterocycles. The van der Waals surface area contributed by atoms with Crippen LogP contribution in [0.15, 0.2) is 0 Å². The summed E-state index contributed by atoms with van der Waals surface area (Å²) in [7, 11) is -9.18. The van der Waals surface area contributed by atoms with Crippen molar-refractivity contribution in [2.24, 2.45) is 5.92 Å². The maximum Gasteiger partial charge on any atom is 0.364 e.